The minimum Gasteiger partial charge on any atom is -0.0617 e. The van der Waals surface area contributed by atoms with Crippen molar-refractivity contribution in [1.82, 2.24) is 0 Å². The van der Waals surface area contributed by atoms with Crippen LogP contribution < -0.4 is 0 Å². The maximum Gasteiger partial charge on any atom is -0.0261 e. The lowest BCUT2D eigenvalue weighted by Gasteiger charge is -2.38. The predicted octanol–water partition coefficient (Wildman–Crippen LogP) is 3.08. The van der Waals surface area contributed by atoms with Crippen LogP contribution in [0.4, 0.5) is 0 Å². The molecule has 0 aromatic rings. The molecule has 0 amide bonds. The molecular weight excluding hydrogens is 144 g/mol. The lowest BCUT2D eigenvalue weighted by molar-refractivity contribution is 0.116. The fraction of sp³-hybridized carbons (Fsp3) is 1.00. The van der Waals surface area contributed by atoms with E-state index in [1.165, 1.54) is 23.7 Å². The molecule has 0 radical (unpaired) electrons. The van der Waals surface area contributed by atoms with Gasteiger partial charge in [0, 0.05) is 0 Å². The summed E-state index contributed by atoms with van der Waals surface area (Å²) in [4.78, 5) is 0. The summed E-state index contributed by atoms with van der Waals surface area (Å²) in [6.07, 6.45) is 8.14. The van der Waals surface area contributed by atoms with Crippen molar-refractivity contribution in [2.75, 3.05) is 0 Å². The van der Waals surface area contributed by atoms with Crippen LogP contribution in [0.2, 0.25) is 0 Å². The third-order valence-corrected chi connectivity index (χ3v) is 6.07. The molecule has 5 aliphatic rings. The molecule has 0 heteroatoms. The Bertz CT molecular complexity index is 231. The maximum absolute atomic E-state index is 2.56. The van der Waals surface area contributed by atoms with Crippen LogP contribution in [0.5, 0.6) is 0 Å². The SMILES string of the molecule is CC1C2CC3CC14CC3CC2C4. The molecule has 5 aliphatic carbocycles. The molecule has 0 nitrogen and oxygen atoms in total. The van der Waals surface area contributed by atoms with Crippen molar-refractivity contribution in [3.05, 3.63) is 0 Å². The van der Waals surface area contributed by atoms with Crippen LogP contribution in [-0.4, -0.2) is 0 Å². The first-order valence-corrected chi connectivity index (χ1v) is 5.78. The first kappa shape index (κ1) is 6.45. The summed E-state index contributed by atoms with van der Waals surface area (Å²) in [5.74, 6) is 5.82. The monoisotopic (exact) mass is 162 g/mol. The van der Waals surface area contributed by atoms with Crippen LogP contribution in [0.1, 0.15) is 39.0 Å². The summed E-state index contributed by atoms with van der Waals surface area (Å²) in [6.45, 7) is 2.56. The molecule has 0 aromatic carbocycles. The van der Waals surface area contributed by atoms with Gasteiger partial charge >= 0.3 is 0 Å². The van der Waals surface area contributed by atoms with Gasteiger partial charge in [-0.25, -0.2) is 0 Å². The summed E-state index contributed by atoms with van der Waals surface area (Å²) < 4.78 is 0. The molecule has 0 saturated heterocycles. The summed E-state index contributed by atoms with van der Waals surface area (Å²) in [5, 5.41) is 0. The largest absolute Gasteiger partial charge is 0.0617 e. The predicted molar refractivity (Wildman–Crippen MR) is 48.6 cm³/mol. The fourth-order valence-corrected chi connectivity index (χ4v) is 5.67. The molecule has 0 aromatic heterocycles. The molecule has 0 N–H and O–H groups in total. The van der Waals surface area contributed by atoms with Crippen molar-refractivity contribution in [3.8, 4) is 0 Å². The summed E-state index contributed by atoms with van der Waals surface area (Å²) in [6, 6.07) is 0. The molecule has 5 rings (SSSR count). The Morgan fingerprint density at radius 3 is 2.42 bits per heavy atom. The Kier molecular flexibility index (Phi) is 0.875. The van der Waals surface area contributed by atoms with Crippen LogP contribution in [0.25, 0.3) is 0 Å². The molecule has 0 aliphatic heterocycles. The van der Waals surface area contributed by atoms with Crippen molar-refractivity contribution in [2.45, 2.75) is 39.0 Å². The smallest absolute Gasteiger partial charge is 0.0261 e. The van der Waals surface area contributed by atoms with Crippen molar-refractivity contribution in [1.29, 1.82) is 0 Å². The van der Waals surface area contributed by atoms with Crippen LogP contribution >= 0.6 is 0 Å². The zero-order chi connectivity index (χ0) is 7.92. The van der Waals surface area contributed by atoms with Gasteiger partial charge in [0.2, 0.25) is 0 Å². The van der Waals surface area contributed by atoms with E-state index in [0.29, 0.717) is 0 Å². The topological polar surface area (TPSA) is 0 Å². The van der Waals surface area contributed by atoms with Gasteiger partial charge in [-0.1, -0.05) is 6.92 Å². The van der Waals surface area contributed by atoms with Gasteiger partial charge in [0.05, 0.1) is 0 Å². The molecule has 5 fully saturated rings. The Balaban J connectivity index is 1.93. The third-order valence-electron chi connectivity index (χ3n) is 6.07. The highest BCUT2D eigenvalue weighted by atomic mass is 14.7. The molecule has 6 atom stereocenters. The Hall–Kier alpha value is 0. The maximum atomic E-state index is 2.56. The van der Waals surface area contributed by atoms with Gasteiger partial charge in [-0.15, -0.1) is 0 Å². The summed E-state index contributed by atoms with van der Waals surface area (Å²) >= 11 is 0. The van der Waals surface area contributed by atoms with Crippen LogP contribution in [0, 0.1) is 35.0 Å². The summed E-state index contributed by atoms with van der Waals surface area (Å²) in [5.41, 5.74) is 0.890. The average Bonchev–Trinajstić information content (AvgIpc) is 2.31. The van der Waals surface area contributed by atoms with Gasteiger partial charge < -0.3 is 0 Å². The van der Waals surface area contributed by atoms with Gasteiger partial charge in [-0.05, 0) is 67.1 Å². The highest BCUT2D eigenvalue weighted by Crippen LogP contribution is 2.73. The molecule has 66 valence electrons. The normalized spacial score (nSPS) is 71.2. The molecular formula is C12H18. The van der Waals surface area contributed by atoms with Gasteiger partial charge in [-0.3, -0.25) is 0 Å². The van der Waals surface area contributed by atoms with Crippen LogP contribution in [0.3, 0.4) is 0 Å². The van der Waals surface area contributed by atoms with E-state index in [0.717, 1.165) is 11.3 Å². The minimum atomic E-state index is 0.890. The average molecular weight is 162 g/mol. The highest BCUT2D eigenvalue weighted by Gasteiger charge is 2.65. The zero-order valence-corrected chi connectivity index (χ0v) is 7.92. The van der Waals surface area contributed by atoms with Gasteiger partial charge in [0.25, 0.3) is 0 Å². The van der Waals surface area contributed by atoms with E-state index in [-0.39, 0.29) is 0 Å². The molecule has 0 heterocycles. The fourth-order valence-electron chi connectivity index (χ4n) is 5.67. The number of rotatable bonds is 0. The quantitative estimate of drug-likeness (QED) is 0.513. The van der Waals surface area contributed by atoms with Gasteiger partial charge in [-0.2, -0.15) is 0 Å². The van der Waals surface area contributed by atoms with Crippen LogP contribution in [0.15, 0.2) is 0 Å². The van der Waals surface area contributed by atoms with E-state index < -0.39 is 0 Å². The summed E-state index contributed by atoms with van der Waals surface area (Å²) in [7, 11) is 0. The molecule has 5 saturated carbocycles. The van der Waals surface area contributed by atoms with E-state index in [9.17, 15) is 0 Å². The second-order valence-electron chi connectivity index (χ2n) is 6.18. The first-order valence-electron chi connectivity index (χ1n) is 5.78. The Morgan fingerprint density at radius 1 is 0.917 bits per heavy atom. The first-order chi connectivity index (χ1) is 5.78. The lowest BCUT2D eigenvalue weighted by atomic mass is 9.67. The molecule has 12 heavy (non-hydrogen) atoms. The van der Waals surface area contributed by atoms with E-state index in [4.69, 9.17) is 0 Å². The molecule has 6 unspecified atom stereocenters. The number of hydrogen-bond donors (Lipinski definition) is 0. The zero-order valence-electron chi connectivity index (χ0n) is 7.92. The molecule has 5 bridgehead atoms. The second kappa shape index (κ2) is 1.63. The van der Waals surface area contributed by atoms with Gasteiger partial charge in [0.1, 0.15) is 0 Å². The van der Waals surface area contributed by atoms with E-state index in [1.54, 1.807) is 32.1 Å². The van der Waals surface area contributed by atoms with E-state index in [2.05, 4.69) is 6.92 Å². The second-order valence-corrected chi connectivity index (χ2v) is 6.18. The van der Waals surface area contributed by atoms with Crippen LogP contribution in [-0.2, 0) is 0 Å². The third kappa shape index (κ3) is 0.482. The van der Waals surface area contributed by atoms with Crippen molar-refractivity contribution in [2.24, 2.45) is 35.0 Å². The number of hydrogen-bond acceptors (Lipinski definition) is 0. The minimum absolute atomic E-state index is 0.890. The Labute approximate surface area is 74.7 Å². The van der Waals surface area contributed by atoms with E-state index >= 15 is 0 Å². The Morgan fingerprint density at radius 2 is 1.58 bits per heavy atom. The van der Waals surface area contributed by atoms with Crippen molar-refractivity contribution < 1.29 is 0 Å². The van der Waals surface area contributed by atoms with Gasteiger partial charge in [0.15, 0.2) is 0 Å². The lowest BCUT2D eigenvalue weighted by Crippen LogP contribution is -2.30. The standard InChI is InChI=1S/C12H18/c1-7-11-3-9-5-12(7)4-8(9)2-10(11)6-12/h7-11H,2-6H2,1H3. The van der Waals surface area contributed by atoms with Crippen molar-refractivity contribution in [3.63, 3.8) is 0 Å². The van der Waals surface area contributed by atoms with E-state index in [1.807, 2.05) is 0 Å². The molecule has 1 spiro atoms. The van der Waals surface area contributed by atoms with Crippen molar-refractivity contribution >= 4 is 0 Å². The highest BCUT2D eigenvalue weighted by molar-refractivity contribution is 5.14.